The number of hydrogen-bond acceptors (Lipinski definition) is 6. The molecule has 0 aliphatic heterocycles. The minimum absolute atomic E-state index is 0. The number of carbonyl (C=O) groups excluding carboxylic acids is 1. The maximum atomic E-state index is 13.1. The maximum Gasteiger partial charge on any atom is 0.503 e. The molecule has 1 fully saturated rings. The van der Waals surface area contributed by atoms with E-state index in [0.29, 0.717) is 39.5 Å². The topological polar surface area (TPSA) is 125 Å². The lowest BCUT2D eigenvalue weighted by Gasteiger charge is -2.22. The quantitative estimate of drug-likeness (QED) is 0.194. The van der Waals surface area contributed by atoms with Crippen molar-refractivity contribution in [3.63, 3.8) is 0 Å². The summed E-state index contributed by atoms with van der Waals surface area (Å²) in [6.45, 7) is 4.61. The molecule has 0 bridgehead atoms. The van der Waals surface area contributed by atoms with Crippen molar-refractivity contribution in [1.29, 1.82) is 0 Å². The van der Waals surface area contributed by atoms with E-state index < -0.39 is 6.16 Å². The lowest BCUT2D eigenvalue weighted by atomic mass is 9.95. The van der Waals surface area contributed by atoms with E-state index in [1.54, 1.807) is 30.5 Å². The second-order valence-electron chi connectivity index (χ2n) is 9.76. The molecule has 0 radical (unpaired) electrons. The summed E-state index contributed by atoms with van der Waals surface area (Å²) in [5.41, 5.74) is 3.07. The van der Waals surface area contributed by atoms with Crippen LogP contribution in [0.25, 0.3) is 22.5 Å². The summed E-state index contributed by atoms with van der Waals surface area (Å²) in [5, 5.41) is 18.1. The lowest BCUT2D eigenvalue weighted by Crippen LogP contribution is -2.36. The van der Waals surface area contributed by atoms with E-state index in [2.05, 4.69) is 29.2 Å². The van der Waals surface area contributed by atoms with Crippen LogP contribution in [0.2, 0.25) is 10.0 Å². The second-order valence-corrected chi connectivity index (χ2v) is 10.6. The van der Waals surface area contributed by atoms with Gasteiger partial charge < -0.3 is 25.2 Å². The van der Waals surface area contributed by atoms with Crippen LogP contribution in [0, 0.1) is 0 Å². The van der Waals surface area contributed by atoms with Gasteiger partial charge in [0.25, 0.3) is 5.91 Å². The van der Waals surface area contributed by atoms with Crippen molar-refractivity contribution in [3.8, 4) is 28.3 Å². The molecular weight excluding hydrogens is 603 g/mol. The molecule has 3 N–H and O–H groups in total. The molecule has 1 aromatic carbocycles. The van der Waals surface area contributed by atoms with Gasteiger partial charge in [-0.25, -0.2) is 9.78 Å². The summed E-state index contributed by atoms with van der Waals surface area (Å²) in [4.78, 5) is 33.2. The number of halogens is 3. The van der Waals surface area contributed by atoms with Crippen molar-refractivity contribution in [2.75, 3.05) is 26.7 Å². The van der Waals surface area contributed by atoms with Crippen LogP contribution < -0.4 is 10.1 Å². The number of ether oxygens (including phenoxy) is 1. The van der Waals surface area contributed by atoms with Crippen molar-refractivity contribution >= 4 is 47.7 Å². The molecular formula is C30H37Cl3N4O5. The fourth-order valence-corrected chi connectivity index (χ4v) is 4.92. The van der Waals surface area contributed by atoms with Crippen molar-refractivity contribution in [2.45, 2.75) is 51.5 Å². The van der Waals surface area contributed by atoms with Crippen LogP contribution in [-0.2, 0) is 0 Å². The highest BCUT2D eigenvalue weighted by atomic mass is 35.5. The predicted octanol–water partition coefficient (Wildman–Crippen LogP) is 7.54. The molecule has 42 heavy (non-hydrogen) atoms. The molecule has 1 amide bonds. The molecule has 9 nitrogen and oxygen atoms in total. The molecule has 0 atom stereocenters. The van der Waals surface area contributed by atoms with E-state index in [-0.39, 0.29) is 24.4 Å². The molecule has 0 saturated heterocycles. The number of pyridine rings is 2. The lowest BCUT2D eigenvalue weighted by molar-refractivity contribution is 0.0922. The van der Waals surface area contributed by atoms with Crippen LogP contribution in [0.1, 0.15) is 55.9 Å². The van der Waals surface area contributed by atoms with Crippen LogP contribution in [0.4, 0.5) is 4.79 Å². The molecule has 1 saturated carbocycles. The van der Waals surface area contributed by atoms with E-state index in [9.17, 15) is 4.79 Å². The van der Waals surface area contributed by atoms with Gasteiger partial charge in [0.1, 0.15) is 11.4 Å². The third-order valence-electron chi connectivity index (χ3n) is 6.77. The largest absolute Gasteiger partial charge is 0.503 e. The highest BCUT2D eigenvalue weighted by Crippen LogP contribution is 2.37. The summed E-state index contributed by atoms with van der Waals surface area (Å²) in [5.74, 6) is 0.410. The highest BCUT2D eigenvalue weighted by molar-refractivity contribution is 6.33. The van der Waals surface area contributed by atoms with Crippen LogP contribution in [-0.4, -0.2) is 69.9 Å². The average molecular weight is 640 g/mol. The number of benzene rings is 1. The third kappa shape index (κ3) is 10.6. The maximum absolute atomic E-state index is 13.1. The van der Waals surface area contributed by atoms with Crippen LogP contribution in [0.3, 0.4) is 0 Å². The summed E-state index contributed by atoms with van der Waals surface area (Å²) in [7, 11) is 2.08. The Morgan fingerprint density at radius 2 is 1.76 bits per heavy atom. The minimum atomic E-state index is -1.83. The first-order valence-electron chi connectivity index (χ1n) is 13.7. The van der Waals surface area contributed by atoms with E-state index >= 15 is 0 Å². The molecule has 3 aromatic rings. The SMILES string of the molecule is CCN(C)CCCOc1cc(-c2nc(C(=O)NC3CCCCC3)ccc2-c2ncccc2Cl)ccc1Cl.Cl.O=C(O)O. The molecule has 1 aliphatic carbocycles. The average Bonchev–Trinajstić information content (AvgIpc) is 2.96. The predicted molar refractivity (Wildman–Crippen MR) is 168 cm³/mol. The van der Waals surface area contributed by atoms with Gasteiger partial charge in [-0.05, 0) is 69.3 Å². The van der Waals surface area contributed by atoms with E-state index in [1.807, 2.05) is 18.2 Å². The molecule has 12 heteroatoms. The van der Waals surface area contributed by atoms with Gasteiger partial charge in [0.2, 0.25) is 0 Å². The Bertz CT molecular complexity index is 1320. The Hall–Kier alpha value is -3.11. The number of aromatic nitrogens is 2. The summed E-state index contributed by atoms with van der Waals surface area (Å²) in [6.07, 6.45) is 6.27. The monoisotopic (exact) mass is 638 g/mol. The zero-order valence-corrected chi connectivity index (χ0v) is 26.0. The molecule has 4 rings (SSSR count). The second kappa shape index (κ2) is 17.8. The standard InChI is InChI=1S/C29H34Cl2N4O2.CH2O3.ClH/c1-3-35(2)17-8-18-37-26-19-20(12-14-23(26)30)27-22(28-24(31)11-7-16-32-28)13-15-25(34-27)29(36)33-21-9-5-4-6-10-21;2-1(3)4;/h7,11-16,19,21H,3-6,8-10,17-18H2,1-2H3,(H,33,36);(H2,2,3,4);1H. The number of hydrogen-bond donors (Lipinski definition) is 3. The summed E-state index contributed by atoms with van der Waals surface area (Å²) < 4.78 is 6.03. The zero-order valence-electron chi connectivity index (χ0n) is 23.7. The molecule has 0 spiro atoms. The number of nitrogens with one attached hydrogen (secondary N) is 1. The zero-order chi connectivity index (χ0) is 29.8. The normalized spacial score (nSPS) is 13.0. The highest BCUT2D eigenvalue weighted by Gasteiger charge is 2.21. The molecule has 2 heterocycles. The molecule has 0 unspecified atom stereocenters. The fraction of sp³-hybridized carbons (Fsp3) is 0.400. The number of amides is 1. The summed E-state index contributed by atoms with van der Waals surface area (Å²) in [6, 6.07) is 12.9. The minimum Gasteiger partial charge on any atom is -0.492 e. The van der Waals surface area contributed by atoms with Gasteiger partial charge >= 0.3 is 6.16 Å². The van der Waals surface area contributed by atoms with E-state index in [0.717, 1.165) is 56.3 Å². The fourth-order valence-electron chi connectivity index (χ4n) is 4.52. The van der Waals surface area contributed by atoms with Crippen LogP contribution in [0.5, 0.6) is 5.75 Å². The first-order valence-corrected chi connectivity index (χ1v) is 14.4. The van der Waals surface area contributed by atoms with Gasteiger partial charge in [-0.1, -0.05) is 55.5 Å². The Labute approximate surface area is 262 Å². The van der Waals surface area contributed by atoms with Crippen molar-refractivity contribution in [1.82, 2.24) is 20.2 Å². The van der Waals surface area contributed by atoms with Gasteiger partial charge in [-0.15, -0.1) is 12.4 Å². The Morgan fingerprint density at radius 1 is 1.05 bits per heavy atom. The van der Waals surface area contributed by atoms with E-state index in [1.165, 1.54) is 6.42 Å². The van der Waals surface area contributed by atoms with E-state index in [4.69, 9.17) is 47.9 Å². The summed E-state index contributed by atoms with van der Waals surface area (Å²) >= 11 is 13.0. The van der Waals surface area contributed by atoms with Crippen molar-refractivity contribution in [2.24, 2.45) is 0 Å². The first-order chi connectivity index (χ1) is 19.7. The third-order valence-corrected chi connectivity index (χ3v) is 7.39. The van der Waals surface area contributed by atoms with Gasteiger partial charge in [0, 0.05) is 29.9 Å². The molecule has 1 aliphatic rings. The Balaban J connectivity index is 0.00000116. The van der Waals surface area contributed by atoms with Gasteiger partial charge in [-0.2, -0.15) is 0 Å². The van der Waals surface area contributed by atoms with Gasteiger partial charge in [0.05, 0.1) is 28.0 Å². The molecule has 2 aromatic heterocycles. The van der Waals surface area contributed by atoms with Crippen molar-refractivity contribution < 1.29 is 24.5 Å². The Kier molecular flexibility index (Phi) is 14.8. The first kappa shape index (κ1) is 35.1. The smallest absolute Gasteiger partial charge is 0.492 e. The van der Waals surface area contributed by atoms with Crippen molar-refractivity contribution in [3.05, 3.63) is 64.4 Å². The number of rotatable bonds is 10. The van der Waals surface area contributed by atoms with Crippen LogP contribution >= 0.6 is 35.6 Å². The van der Waals surface area contributed by atoms with Gasteiger partial charge in [0.15, 0.2) is 0 Å². The number of carboxylic acid groups (broad SMARTS) is 2. The number of carbonyl (C=O) groups is 2. The van der Waals surface area contributed by atoms with Crippen LogP contribution in [0.15, 0.2) is 48.7 Å². The molecule has 228 valence electrons. The van der Waals surface area contributed by atoms with Gasteiger partial charge in [-0.3, -0.25) is 9.78 Å². The Morgan fingerprint density at radius 3 is 2.43 bits per heavy atom. The number of nitrogens with zero attached hydrogens (tertiary/aromatic N) is 3.